The van der Waals surface area contributed by atoms with Crippen molar-refractivity contribution in [3.63, 3.8) is 0 Å². The van der Waals surface area contributed by atoms with Gasteiger partial charge in [-0.25, -0.2) is 9.35 Å². The Morgan fingerprint density at radius 1 is 0.829 bits per heavy atom. The van der Waals surface area contributed by atoms with E-state index in [0.29, 0.717) is 54.7 Å². The molecule has 0 radical (unpaired) electrons. The molecule has 1 fully saturated rings. The number of carbonyl (C=O) groups is 2. The number of amides is 2. The summed E-state index contributed by atoms with van der Waals surface area (Å²) >= 11 is 0. The fraction of sp³-hybridized carbons (Fsp3) is 0.520. The van der Waals surface area contributed by atoms with Crippen LogP contribution in [0.15, 0.2) is 35.2 Å². The number of nitrogens with one attached hydrogen (secondary N) is 1. The molecule has 0 saturated carbocycles. The molecule has 5 heterocycles. The number of nitrogens with two attached hydrogens (primary N) is 1. The molecule has 4 aliphatic heterocycles. The lowest BCUT2D eigenvalue weighted by atomic mass is 10.0. The monoisotopic (exact) mass is 498 g/mol. The standard InChI is InChI=1S/C25H34N6O3S/c26-35(34)22-11-9-19-8-6-4-2-1-3-5-7-13-27-24(32)21-10-12-23(29-28-21)30-14-16-31(17-15-30)25(33)20(22)18-19/h9-12,18H,1-8,13-17,26H2,(H,27,32). The second-order valence-electron chi connectivity index (χ2n) is 9.16. The van der Waals surface area contributed by atoms with Crippen LogP contribution in [0.25, 0.3) is 0 Å². The molecule has 6 bridgehead atoms. The molecule has 1 aromatic heterocycles. The molecule has 1 unspecified atom stereocenters. The quantitative estimate of drug-likeness (QED) is 0.623. The van der Waals surface area contributed by atoms with Crippen molar-refractivity contribution < 1.29 is 13.8 Å². The zero-order valence-electron chi connectivity index (χ0n) is 20.1. The third kappa shape index (κ3) is 6.64. The normalized spacial score (nSPS) is 19.5. The van der Waals surface area contributed by atoms with Crippen LogP contribution in [-0.2, 0) is 17.4 Å². The fourth-order valence-electron chi connectivity index (χ4n) is 4.63. The number of benzene rings is 1. The Morgan fingerprint density at radius 2 is 1.51 bits per heavy atom. The molecule has 4 aliphatic rings. The van der Waals surface area contributed by atoms with Crippen LogP contribution >= 0.6 is 0 Å². The largest absolute Gasteiger partial charge is 0.352 e. The van der Waals surface area contributed by atoms with Gasteiger partial charge in [-0.15, -0.1) is 10.2 Å². The van der Waals surface area contributed by atoms with E-state index in [0.717, 1.165) is 50.5 Å². The minimum absolute atomic E-state index is 0.142. The molecule has 3 N–H and O–H groups in total. The lowest BCUT2D eigenvalue weighted by molar-refractivity contribution is 0.0742. The van der Waals surface area contributed by atoms with Crippen molar-refractivity contribution in [3.05, 3.63) is 47.2 Å². The highest BCUT2D eigenvalue weighted by Crippen LogP contribution is 2.21. The van der Waals surface area contributed by atoms with Gasteiger partial charge >= 0.3 is 0 Å². The minimum Gasteiger partial charge on any atom is -0.352 e. The first kappa shape index (κ1) is 25.2. The summed E-state index contributed by atoms with van der Waals surface area (Å²) in [5, 5.41) is 17.0. The minimum atomic E-state index is -1.73. The van der Waals surface area contributed by atoms with Crippen molar-refractivity contribution in [1.82, 2.24) is 20.4 Å². The molecule has 1 saturated heterocycles. The molecular formula is C25H34N6O3S. The van der Waals surface area contributed by atoms with E-state index in [1.807, 2.05) is 17.0 Å². The maximum absolute atomic E-state index is 13.4. The molecule has 1 atom stereocenters. The van der Waals surface area contributed by atoms with Crippen molar-refractivity contribution in [1.29, 1.82) is 0 Å². The van der Waals surface area contributed by atoms with E-state index in [-0.39, 0.29) is 11.8 Å². The van der Waals surface area contributed by atoms with Gasteiger partial charge in [-0.2, -0.15) is 0 Å². The molecule has 6 rings (SSSR count). The number of hydrogen-bond donors (Lipinski definition) is 2. The second-order valence-corrected chi connectivity index (χ2v) is 10.2. The van der Waals surface area contributed by atoms with Crippen molar-refractivity contribution in [2.45, 2.75) is 56.3 Å². The van der Waals surface area contributed by atoms with Gasteiger partial charge in [0.15, 0.2) is 11.5 Å². The lowest BCUT2D eigenvalue weighted by Gasteiger charge is -2.35. The third-order valence-corrected chi connectivity index (χ3v) is 7.48. The number of aromatic nitrogens is 2. The highest BCUT2D eigenvalue weighted by molar-refractivity contribution is 7.82. The zero-order valence-corrected chi connectivity index (χ0v) is 20.9. The van der Waals surface area contributed by atoms with E-state index in [9.17, 15) is 13.8 Å². The highest BCUT2D eigenvalue weighted by atomic mass is 32.2. The molecule has 0 aliphatic carbocycles. The topological polar surface area (TPSA) is 122 Å². The van der Waals surface area contributed by atoms with E-state index in [4.69, 9.17) is 5.14 Å². The number of anilines is 1. The predicted octanol–water partition coefficient (Wildman–Crippen LogP) is 2.44. The first-order valence-corrected chi connectivity index (χ1v) is 13.7. The highest BCUT2D eigenvalue weighted by Gasteiger charge is 2.26. The van der Waals surface area contributed by atoms with E-state index in [1.54, 1.807) is 23.1 Å². The number of fused-ring (bicyclic) bond motifs is 2. The summed E-state index contributed by atoms with van der Waals surface area (Å²) in [6.07, 6.45) is 8.56. The Bertz CT molecular complexity index is 1050. The molecule has 9 nitrogen and oxygen atoms in total. The molecule has 1 aromatic carbocycles. The Morgan fingerprint density at radius 3 is 2.20 bits per heavy atom. The van der Waals surface area contributed by atoms with Gasteiger partial charge in [-0.3, -0.25) is 9.59 Å². The van der Waals surface area contributed by atoms with Crippen LogP contribution in [0.5, 0.6) is 0 Å². The molecule has 0 spiro atoms. The van der Waals surface area contributed by atoms with Gasteiger partial charge in [-0.1, -0.05) is 38.2 Å². The van der Waals surface area contributed by atoms with Crippen molar-refractivity contribution in [2.24, 2.45) is 5.14 Å². The van der Waals surface area contributed by atoms with E-state index < -0.39 is 11.0 Å². The first-order valence-electron chi connectivity index (χ1n) is 12.5. The van der Waals surface area contributed by atoms with Crippen LogP contribution in [0.4, 0.5) is 5.82 Å². The van der Waals surface area contributed by atoms with Gasteiger partial charge in [-0.05, 0) is 49.1 Å². The number of carbonyl (C=O) groups excluding carboxylic acids is 2. The van der Waals surface area contributed by atoms with Crippen LogP contribution in [0.1, 0.15) is 71.4 Å². The molecular weight excluding hydrogens is 464 g/mol. The average Bonchev–Trinajstić information content (AvgIpc) is 2.88. The van der Waals surface area contributed by atoms with E-state index >= 15 is 0 Å². The molecule has 188 valence electrons. The van der Waals surface area contributed by atoms with Gasteiger partial charge in [0.1, 0.15) is 11.0 Å². The number of aryl methyl sites for hydroxylation is 1. The summed E-state index contributed by atoms with van der Waals surface area (Å²) < 4.78 is 12.1. The summed E-state index contributed by atoms with van der Waals surface area (Å²) in [4.78, 5) is 29.9. The van der Waals surface area contributed by atoms with Gasteiger partial charge < -0.3 is 15.1 Å². The van der Waals surface area contributed by atoms with Gasteiger partial charge in [0.25, 0.3) is 11.8 Å². The Hall–Kier alpha value is -2.85. The molecule has 10 heteroatoms. The summed E-state index contributed by atoms with van der Waals surface area (Å²) in [7, 11) is -1.73. The van der Waals surface area contributed by atoms with Gasteiger partial charge in [0, 0.05) is 32.7 Å². The zero-order chi connectivity index (χ0) is 24.6. The maximum atomic E-state index is 13.4. The Kier molecular flexibility index (Phi) is 8.81. The van der Waals surface area contributed by atoms with Gasteiger partial charge in [0.05, 0.1) is 10.5 Å². The summed E-state index contributed by atoms with van der Waals surface area (Å²) in [6.45, 7) is 2.83. The molecule has 2 aromatic rings. The van der Waals surface area contributed by atoms with Crippen LogP contribution in [0, 0.1) is 0 Å². The van der Waals surface area contributed by atoms with Crippen LogP contribution < -0.4 is 15.4 Å². The van der Waals surface area contributed by atoms with E-state index in [1.165, 1.54) is 6.42 Å². The Labute approximate surface area is 209 Å². The van der Waals surface area contributed by atoms with Crippen molar-refractivity contribution in [2.75, 3.05) is 37.6 Å². The van der Waals surface area contributed by atoms with Crippen molar-refractivity contribution in [3.8, 4) is 0 Å². The fourth-order valence-corrected chi connectivity index (χ4v) is 5.19. The summed E-state index contributed by atoms with van der Waals surface area (Å²) in [5.74, 6) is 0.335. The smallest absolute Gasteiger partial charge is 0.271 e. The maximum Gasteiger partial charge on any atom is 0.271 e. The third-order valence-electron chi connectivity index (χ3n) is 6.69. The number of piperazine rings is 1. The first-order chi connectivity index (χ1) is 17.0. The van der Waals surface area contributed by atoms with Crippen LogP contribution in [0.3, 0.4) is 0 Å². The molecule has 35 heavy (non-hydrogen) atoms. The average molecular weight is 499 g/mol. The van der Waals surface area contributed by atoms with Crippen molar-refractivity contribution >= 4 is 28.6 Å². The Balaban J connectivity index is 1.51. The summed E-state index contributed by atoms with van der Waals surface area (Å²) in [5.41, 5.74) is 1.82. The molecule has 2 amide bonds. The van der Waals surface area contributed by atoms with Gasteiger partial charge in [0.2, 0.25) is 0 Å². The number of rotatable bonds is 1. The van der Waals surface area contributed by atoms with Crippen LogP contribution in [-0.4, -0.2) is 63.8 Å². The number of hydrogen-bond acceptors (Lipinski definition) is 6. The number of nitrogens with zero attached hydrogens (tertiary/aromatic N) is 4. The lowest BCUT2D eigenvalue weighted by Crippen LogP contribution is -2.49. The second kappa shape index (κ2) is 12.2. The summed E-state index contributed by atoms with van der Waals surface area (Å²) in [6, 6.07) is 9.04. The van der Waals surface area contributed by atoms with E-state index in [2.05, 4.69) is 15.5 Å². The van der Waals surface area contributed by atoms with Crippen LogP contribution in [0.2, 0.25) is 0 Å². The predicted molar refractivity (Wildman–Crippen MR) is 136 cm³/mol. The SMILES string of the molecule is NS(=O)c1ccc2cc1C(=O)N1CCN(CC1)c1ccc(nn1)C(=O)NCCCCCCCCC2.